The Kier molecular flexibility index (Phi) is 6.19. The number of anilines is 1. The van der Waals surface area contributed by atoms with E-state index in [1.165, 1.54) is 0 Å². The van der Waals surface area contributed by atoms with Crippen LogP contribution in [-0.4, -0.2) is 16.0 Å². The van der Waals surface area contributed by atoms with Gasteiger partial charge in [-0.1, -0.05) is 65.8 Å². The lowest BCUT2D eigenvalue weighted by molar-refractivity contribution is 0.0994. The summed E-state index contributed by atoms with van der Waals surface area (Å²) in [5.74, 6) is -0.0862. The highest BCUT2D eigenvalue weighted by molar-refractivity contribution is 8.00. The summed E-state index contributed by atoms with van der Waals surface area (Å²) in [7, 11) is 0. The first kappa shape index (κ1) is 20.4. The van der Waals surface area contributed by atoms with Gasteiger partial charge in [-0.05, 0) is 24.6 Å². The van der Waals surface area contributed by atoms with E-state index in [1.54, 1.807) is 55.5 Å². The summed E-state index contributed by atoms with van der Waals surface area (Å²) >= 11 is 7.24. The average Bonchev–Trinajstić information content (AvgIpc) is 2.73. The Morgan fingerprint density at radius 3 is 2.41 bits per heavy atom. The molecule has 3 aromatic rings. The van der Waals surface area contributed by atoms with Crippen molar-refractivity contribution >= 4 is 35.0 Å². The van der Waals surface area contributed by atoms with E-state index in [0.717, 1.165) is 11.8 Å². The van der Waals surface area contributed by atoms with Crippen molar-refractivity contribution in [3.05, 3.63) is 76.3 Å². The molecule has 0 amide bonds. The van der Waals surface area contributed by atoms with Crippen molar-refractivity contribution in [1.29, 1.82) is 10.5 Å². The van der Waals surface area contributed by atoms with Crippen LogP contribution in [0.1, 0.15) is 28.4 Å². The number of aromatic nitrogens is 1. The molecule has 7 heteroatoms. The molecular weight excluding hydrogens is 404 g/mol. The minimum atomic E-state index is -0.503. The molecule has 0 aliphatic heterocycles. The summed E-state index contributed by atoms with van der Waals surface area (Å²) in [5.41, 5.74) is 7.84. The molecule has 1 heterocycles. The molecular formula is C22H15ClN4OS. The number of ketones is 1. The van der Waals surface area contributed by atoms with Gasteiger partial charge in [-0.25, -0.2) is 4.98 Å². The van der Waals surface area contributed by atoms with Crippen LogP contribution in [-0.2, 0) is 0 Å². The van der Waals surface area contributed by atoms with Crippen LogP contribution >= 0.6 is 23.4 Å². The number of nitriles is 2. The topological polar surface area (TPSA) is 104 Å². The summed E-state index contributed by atoms with van der Waals surface area (Å²) in [6.45, 7) is 1.75. The van der Waals surface area contributed by atoms with Gasteiger partial charge in [0.2, 0.25) is 0 Å². The Morgan fingerprint density at radius 2 is 1.79 bits per heavy atom. The van der Waals surface area contributed by atoms with E-state index in [9.17, 15) is 15.3 Å². The van der Waals surface area contributed by atoms with Gasteiger partial charge in [0.05, 0.1) is 10.8 Å². The molecule has 29 heavy (non-hydrogen) atoms. The molecule has 0 bridgehead atoms. The monoisotopic (exact) mass is 418 g/mol. The van der Waals surface area contributed by atoms with E-state index in [4.69, 9.17) is 17.3 Å². The Hall–Kier alpha value is -3.32. The lowest BCUT2D eigenvalue weighted by Crippen LogP contribution is -2.14. The van der Waals surface area contributed by atoms with Crippen LogP contribution in [0.15, 0.2) is 59.6 Å². The fourth-order valence-electron chi connectivity index (χ4n) is 2.87. The van der Waals surface area contributed by atoms with Gasteiger partial charge >= 0.3 is 0 Å². The van der Waals surface area contributed by atoms with Gasteiger partial charge in [-0.3, -0.25) is 4.79 Å². The maximum atomic E-state index is 12.7. The van der Waals surface area contributed by atoms with Gasteiger partial charge in [-0.15, -0.1) is 0 Å². The number of halogens is 1. The molecule has 0 aliphatic rings. The number of rotatable bonds is 5. The number of Topliss-reactive ketones (excluding diaryl/α,β-unsaturated/α-hetero) is 1. The van der Waals surface area contributed by atoms with Crippen molar-refractivity contribution < 1.29 is 4.79 Å². The summed E-state index contributed by atoms with van der Waals surface area (Å²) in [4.78, 5) is 17.0. The second-order valence-electron chi connectivity index (χ2n) is 6.15. The molecule has 0 saturated carbocycles. The van der Waals surface area contributed by atoms with Crippen LogP contribution < -0.4 is 5.73 Å². The van der Waals surface area contributed by atoms with Crippen LogP contribution in [0.25, 0.3) is 11.1 Å². The van der Waals surface area contributed by atoms with E-state index in [1.807, 2.05) is 12.1 Å². The molecule has 142 valence electrons. The highest BCUT2D eigenvalue weighted by Crippen LogP contribution is 2.38. The number of carbonyl (C=O) groups is 1. The van der Waals surface area contributed by atoms with Crippen LogP contribution in [0.5, 0.6) is 0 Å². The fourth-order valence-corrected chi connectivity index (χ4v) is 4.06. The van der Waals surface area contributed by atoms with Crippen molar-refractivity contribution in [2.45, 2.75) is 17.2 Å². The zero-order valence-corrected chi connectivity index (χ0v) is 17.0. The van der Waals surface area contributed by atoms with Gasteiger partial charge < -0.3 is 5.73 Å². The molecule has 0 radical (unpaired) electrons. The third-order valence-electron chi connectivity index (χ3n) is 4.24. The number of thioether (sulfide) groups is 1. The maximum Gasteiger partial charge on any atom is 0.175 e. The van der Waals surface area contributed by atoms with Gasteiger partial charge in [0, 0.05) is 16.1 Å². The van der Waals surface area contributed by atoms with E-state index >= 15 is 0 Å². The average molecular weight is 419 g/mol. The lowest BCUT2D eigenvalue weighted by atomic mass is 9.97. The fraction of sp³-hybridized carbons (Fsp3) is 0.0909. The van der Waals surface area contributed by atoms with Crippen molar-refractivity contribution in [3.63, 3.8) is 0 Å². The third kappa shape index (κ3) is 4.25. The van der Waals surface area contributed by atoms with Gasteiger partial charge in [0.1, 0.15) is 28.5 Å². The van der Waals surface area contributed by atoms with Crippen LogP contribution in [0, 0.1) is 22.7 Å². The highest BCUT2D eigenvalue weighted by atomic mass is 35.5. The van der Waals surface area contributed by atoms with E-state index in [-0.39, 0.29) is 22.7 Å². The number of nitrogens with zero attached hydrogens (tertiary/aromatic N) is 3. The number of benzene rings is 2. The SMILES string of the molecule is CC(Sc1nc(N)c(C#N)c(-c2cccc(Cl)c2)c1C#N)C(=O)c1ccccc1. The standard InChI is InChI=1S/C22H15ClN4OS/c1-13(20(28)14-6-3-2-4-7-14)29-22-18(12-25)19(17(11-24)21(26)27-22)15-8-5-9-16(23)10-15/h2-10,13H,1H3,(H2,26,27). The van der Waals surface area contributed by atoms with Gasteiger partial charge in [0.25, 0.3) is 0 Å². The summed E-state index contributed by atoms with van der Waals surface area (Å²) in [6, 6.07) is 19.9. The normalized spacial score (nSPS) is 11.3. The highest BCUT2D eigenvalue weighted by Gasteiger charge is 2.24. The number of nitrogens with two attached hydrogens (primary N) is 1. The summed E-state index contributed by atoms with van der Waals surface area (Å²) in [6.07, 6.45) is 0. The van der Waals surface area contributed by atoms with Gasteiger partial charge in [-0.2, -0.15) is 10.5 Å². The zero-order valence-electron chi connectivity index (χ0n) is 15.4. The minimum absolute atomic E-state index is 0.00309. The van der Waals surface area contributed by atoms with Crippen LogP contribution in [0.4, 0.5) is 5.82 Å². The number of hydrogen-bond donors (Lipinski definition) is 1. The number of carbonyl (C=O) groups excluding carboxylic acids is 1. The van der Waals surface area contributed by atoms with Crippen molar-refractivity contribution in [2.24, 2.45) is 0 Å². The maximum absolute atomic E-state index is 12.7. The van der Waals surface area contributed by atoms with Crippen molar-refractivity contribution in [3.8, 4) is 23.3 Å². The summed E-state index contributed by atoms with van der Waals surface area (Å²) in [5, 5.41) is 19.7. The van der Waals surface area contributed by atoms with Crippen molar-refractivity contribution in [1.82, 2.24) is 4.98 Å². The Labute approximate surface area is 177 Å². The van der Waals surface area contributed by atoms with Crippen LogP contribution in [0.2, 0.25) is 5.02 Å². The zero-order chi connectivity index (χ0) is 21.0. The minimum Gasteiger partial charge on any atom is -0.383 e. The molecule has 1 unspecified atom stereocenters. The predicted octanol–water partition coefficient (Wildman–Crippen LogP) is 5.09. The van der Waals surface area contributed by atoms with E-state index < -0.39 is 5.25 Å². The van der Waals surface area contributed by atoms with Gasteiger partial charge in [0.15, 0.2) is 5.78 Å². The second kappa shape index (κ2) is 8.79. The first-order chi connectivity index (χ1) is 14.0. The Balaban J connectivity index is 2.10. The van der Waals surface area contributed by atoms with E-state index in [0.29, 0.717) is 26.7 Å². The Bertz CT molecular complexity index is 1170. The number of pyridine rings is 1. The molecule has 0 spiro atoms. The van der Waals surface area contributed by atoms with E-state index in [2.05, 4.69) is 11.1 Å². The molecule has 0 aliphatic carbocycles. The molecule has 3 rings (SSSR count). The molecule has 0 fully saturated rings. The largest absolute Gasteiger partial charge is 0.383 e. The summed E-state index contributed by atoms with van der Waals surface area (Å²) < 4.78 is 0. The first-order valence-corrected chi connectivity index (χ1v) is 9.87. The molecule has 5 nitrogen and oxygen atoms in total. The third-order valence-corrected chi connectivity index (χ3v) is 5.57. The molecule has 1 atom stereocenters. The Morgan fingerprint density at radius 1 is 1.10 bits per heavy atom. The quantitative estimate of drug-likeness (QED) is 0.457. The van der Waals surface area contributed by atoms with Crippen LogP contribution in [0.3, 0.4) is 0 Å². The molecule has 2 N–H and O–H groups in total. The molecule has 1 aromatic heterocycles. The molecule has 2 aromatic carbocycles. The smallest absolute Gasteiger partial charge is 0.175 e. The molecule has 0 saturated heterocycles. The second-order valence-corrected chi connectivity index (χ2v) is 7.92. The number of hydrogen-bond acceptors (Lipinski definition) is 6. The predicted molar refractivity (Wildman–Crippen MR) is 115 cm³/mol. The first-order valence-electron chi connectivity index (χ1n) is 8.61. The lowest BCUT2D eigenvalue weighted by Gasteiger charge is -2.15. The van der Waals surface area contributed by atoms with Crippen molar-refractivity contribution in [2.75, 3.05) is 5.73 Å². The number of nitrogen functional groups attached to an aromatic ring is 1.